The maximum absolute atomic E-state index is 12.7. The third-order valence-corrected chi connectivity index (χ3v) is 13.5. The van der Waals surface area contributed by atoms with Crippen LogP contribution in [-0.2, 0) is 32.7 Å². The monoisotopic (exact) mass is 1030 g/mol. The van der Waals surface area contributed by atoms with Crippen LogP contribution in [0.3, 0.4) is 0 Å². The molecule has 0 spiro atoms. The second kappa shape index (κ2) is 57.5. The molecule has 0 aromatic rings. The molecule has 0 fully saturated rings. The van der Waals surface area contributed by atoms with Gasteiger partial charge in [-0.2, -0.15) is 0 Å². The average Bonchev–Trinajstić information content (AvgIpc) is 3.37. The Morgan fingerprint density at radius 1 is 0.431 bits per heavy atom. The molecule has 72 heavy (non-hydrogen) atoms. The first-order chi connectivity index (χ1) is 35.3. The SMILES string of the molecule is CC/C=C\C/C=C\C/C=C\C/C=C\C/C=C\C/C=C\C/C=C\CCCCCCCC(=O)OC(COC(=O)CCCCCCCCCCCCCCCCCCCCCCCCCC)COP(=O)(O)OCCN. The minimum atomic E-state index is -4.40. The molecule has 0 saturated carbocycles. The first kappa shape index (κ1) is 69.2. The van der Waals surface area contributed by atoms with E-state index in [1.807, 2.05) is 0 Å². The first-order valence-electron chi connectivity index (χ1n) is 29.6. The second-order valence-electron chi connectivity index (χ2n) is 19.5. The zero-order valence-corrected chi connectivity index (χ0v) is 47.3. The molecule has 0 bridgehead atoms. The van der Waals surface area contributed by atoms with Gasteiger partial charge in [0.05, 0.1) is 13.2 Å². The van der Waals surface area contributed by atoms with E-state index >= 15 is 0 Å². The number of rotatable bonds is 55. The van der Waals surface area contributed by atoms with Crippen molar-refractivity contribution in [1.29, 1.82) is 0 Å². The largest absolute Gasteiger partial charge is 0.472 e. The van der Waals surface area contributed by atoms with Crippen LogP contribution in [0.25, 0.3) is 0 Å². The summed E-state index contributed by atoms with van der Waals surface area (Å²) in [6.07, 6.45) is 75.0. The molecule has 3 N–H and O–H groups in total. The molecule has 0 aliphatic carbocycles. The fourth-order valence-electron chi connectivity index (χ4n) is 8.21. The van der Waals surface area contributed by atoms with Gasteiger partial charge in [0.2, 0.25) is 0 Å². The third-order valence-electron chi connectivity index (χ3n) is 12.5. The van der Waals surface area contributed by atoms with Crippen molar-refractivity contribution in [2.45, 2.75) is 270 Å². The van der Waals surface area contributed by atoms with Crippen LogP contribution in [0.1, 0.15) is 264 Å². The number of allylic oxidation sites excluding steroid dienone is 14. The molecule has 416 valence electrons. The Bertz CT molecular complexity index is 1450. The van der Waals surface area contributed by atoms with Gasteiger partial charge in [-0.05, 0) is 70.6 Å². The molecule has 0 rings (SSSR count). The van der Waals surface area contributed by atoms with Crippen molar-refractivity contribution >= 4 is 19.8 Å². The van der Waals surface area contributed by atoms with Crippen molar-refractivity contribution in [3.05, 3.63) is 85.1 Å². The Labute approximate surface area is 443 Å². The summed E-state index contributed by atoms with van der Waals surface area (Å²) in [5, 5.41) is 0. The Hall–Kier alpha value is -2.81. The van der Waals surface area contributed by atoms with E-state index in [0.717, 1.165) is 96.3 Å². The lowest BCUT2D eigenvalue weighted by molar-refractivity contribution is -0.161. The molecule has 10 heteroatoms. The predicted molar refractivity (Wildman–Crippen MR) is 307 cm³/mol. The summed E-state index contributed by atoms with van der Waals surface area (Å²) < 4.78 is 33.0. The van der Waals surface area contributed by atoms with E-state index in [4.69, 9.17) is 24.3 Å². The average molecular weight is 1030 g/mol. The molecule has 0 saturated heterocycles. The molecular weight excluding hydrogens is 918 g/mol. The molecule has 0 radical (unpaired) electrons. The lowest BCUT2D eigenvalue weighted by Gasteiger charge is -2.19. The molecule has 0 amide bonds. The van der Waals surface area contributed by atoms with Gasteiger partial charge in [0.1, 0.15) is 6.61 Å². The Morgan fingerprint density at radius 3 is 1.14 bits per heavy atom. The molecule has 0 aliphatic heterocycles. The van der Waals surface area contributed by atoms with Crippen molar-refractivity contribution in [2.75, 3.05) is 26.4 Å². The molecular formula is C62H110NO8P. The van der Waals surface area contributed by atoms with Crippen molar-refractivity contribution in [2.24, 2.45) is 5.73 Å². The van der Waals surface area contributed by atoms with Gasteiger partial charge in [-0.15, -0.1) is 0 Å². The first-order valence-corrected chi connectivity index (χ1v) is 31.1. The van der Waals surface area contributed by atoms with Crippen molar-refractivity contribution in [3.8, 4) is 0 Å². The van der Waals surface area contributed by atoms with Crippen LogP contribution in [-0.4, -0.2) is 49.3 Å². The van der Waals surface area contributed by atoms with Crippen LogP contribution >= 0.6 is 7.82 Å². The summed E-state index contributed by atoms with van der Waals surface area (Å²) >= 11 is 0. The Kier molecular flexibility index (Phi) is 55.2. The number of nitrogens with two attached hydrogens (primary N) is 1. The summed E-state index contributed by atoms with van der Waals surface area (Å²) in [4.78, 5) is 35.2. The minimum Gasteiger partial charge on any atom is -0.462 e. The van der Waals surface area contributed by atoms with E-state index in [1.54, 1.807) is 0 Å². The van der Waals surface area contributed by atoms with Gasteiger partial charge >= 0.3 is 19.8 Å². The minimum absolute atomic E-state index is 0.0469. The number of hydrogen-bond donors (Lipinski definition) is 2. The van der Waals surface area contributed by atoms with Crippen LogP contribution in [0.15, 0.2) is 85.1 Å². The number of esters is 2. The normalized spacial score (nSPS) is 13.7. The van der Waals surface area contributed by atoms with Gasteiger partial charge in [0.15, 0.2) is 6.10 Å². The number of carbonyl (C=O) groups is 2. The van der Waals surface area contributed by atoms with E-state index in [0.29, 0.717) is 6.42 Å². The predicted octanol–water partition coefficient (Wildman–Crippen LogP) is 18.7. The van der Waals surface area contributed by atoms with Gasteiger partial charge in [-0.25, -0.2) is 4.57 Å². The number of phosphoric acid groups is 1. The molecule has 2 unspecified atom stereocenters. The van der Waals surface area contributed by atoms with Gasteiger partial charge in [0, 0.05) is 19.4 Å². The summed E-state index contributed by atoms with van der Waals surface area (Å²) in [5.41, 5.74) is 5.38. The van der Waals surface area contributed by atoms with Crippen LogP contribution in [0, 0.1) is 0 Å². The number of unbranched alkanes of at least 4 members (excludes halogenated alkanes) is 28. The van der Waals surface area contributed by atoms with Crippen LogP contribution < -0.4 is 5.73 Å². The maximum Gasteiger partial charge on any atom is 0.472 e. The molecule has 0 aliphatic rings. The van der Waals surface area contributed by atoms with E-state index in [-0.39, 0.29) is 38.6 Å². The topological polar surface area (TPSA) is 134 Å². The van der Waals surface area contributed by atoms with Crippen molar-refractivity contribution < 1.29 is 37.6 Å². The van der Waals surface area contributed by atoms with Crippen LogP contribution in [0.2, 0.25) is 0 Å². The van der Waals surface area contributed by atoms with E-state index in [2.05, 4.69) is 98.9 Å². The Morgan fingerprint density at radius 2 is 0.764 bits per heavy atom. The van der Waals surface area contributed by atoms with E-state index < -0.39 is 26.5 Å². The third kappa shape index (κ3) is 56.5. The standard InChI is InChI=1S/C62H110NO8P/c1-3-5-7-9-11-13-15-17-19-21-23-25-27-29-30-31-33-35-37-39-41-43-45-47-49-51-53-55-62(65)71-60(59-70-72(66,67)69-57-56-63)58-68-61(64)54-52-50-48-46-44-42-40-38-36-34-32-28-26-24-22-20-18-16-14-12-10-8-6-4-2/h5,7,11,13,17,19,23,25,29-30,33,35,39,41,60H,3-4,6,8-10,12,14-16,18,20-22,24,26-28,31-32,34,36-38,40,42-59,63H2,1-2H3,(H,66,67)/b7-5-,13-11-,19-17-,25-23-,30-29-,35-33-,41-39-. The Balaban J connectivity index is 4.03. The number of hydrogen-bond acceptors (Lipinski definition) is 8. The number of ether oxygens (including phenoxy) is 2. The maximum atomic E-state index is 12.7. The van der Waals surface area contributed by atoms with Crippen LogP contribution in [0.5, 0.6) is 0 Å². The number of carbonyl (C=O) groups excluding carboxylic acids is 2. The zero-order valence-electron chi connectivity index (χ0n) is 46.4. The lowest BCUT2D eigenvalue weighted by atomic mass is 10.0. The highest BCUT2D eigenvalue weighted by Gasteiger charge is 2.26. The molecule has 0 aromatic carbocycles. The summed E-state index contributed by atoms with van der Waals surface area (Å²) in [6, 6.07) is 0. The quantitative estimate of drug-likeness (QED) is 0.0264. The fourth-order valence-corrected chi connectivity index (χ4v) is 8.97. The second-order valence-corrected chi connectivity index (χ2v) is 20.9. The molecule has 0 aromatic heterocycles. The number of phosphoric ester groups is 1. The van der Waals surface area contributed by atoms with E-state index in [9.17, 15) is 19.0 Å². The van der Waals surface area contributed by atoms with Gasteiger partial charge in [0.25, 0.3) is 0 Å². The smallest absolute Gasteiger partial charge is 0.462 e. The van der Waals surface area contributed by atoms with Crippen molar-refractivity contribution in [1.82, 2.24) is 0 Å². The molecule has 9 nitrogen and oxygen atoms in total. The van der Waals surface area contributed by atoms with Gasteiger partial charge in [-0.3, -0.25) is 18.6 Å². The summed E-state index contributed by atoms with van der Waals surface area (Å²) in [5.74, 6) is -0.845. The zero-order chi connectivity index (χ0) is 52.4. The van der Waals surface area contributed by atoms with Gasteiger partial charge in [-0.1, -0.05) is 266 Å². The van der Waals surface area contributed by atoms with E-state index in [1.165, 1.54) is 135 Å². The highest BCUT2D eigenvalue weighted by atomic mass is 31.2. The van der Waals surface area contributed by atoms with Gasteiger partial charge < -0.3 is 20.1 Å². The lowest BCUT2D eigenvalue weighted by Crippen LogP contribution is -2.29. The fraction of sp³-hybridized carbons (Fsp3) is 0.742. The molecule has 0 heterocycles. The summed E-state index contributed by atoms with van der Waals surface area (Å²) in [6.45, 7) is 3.63. The molecule has 2 atom stereocenters. The summed E-state index contributed by atoms with van der Waals surface area (Å²) in [7, 11) is -4.40. The highest BCUT2D eigenvalue weighted by Crippen LogP contribution is 2.43. The highest BCUT2D eigenvalue weighted by molar-refractivity contribution is 7.47. The van der Waals surface area contributed by atoms with Crippen LogP contribution in [0.4, 0.5) is 0 Å². The van der Waals surface area contributed by atoms with Crippen molar-refractivity contribution in [3.63, 3.8) is 0 Å².